The van der Waals surface area contributed by atoms with Crippen LogP contribution in [0.5, 0.6) is 0 Å². The molecule has 1 aliphatic carbocycles. The van der Waals surface area contributed by atoms with Crippen LogP contribution in [0.1, 0.15) is 43.6 Å². The third-order valence-electron chi connectivity index (χ3n) is 6.98. The highest BCUT2D eigenvalue weighted by atomic mass is 16.6. The van der Waals surface area contributed by atoms with Crippen LogP contribution in [0, 0.1) is 0 Å². The number of nitrogens with zero attached hydrogens (tertiary/aromatic N) is 2. The molecule has 2 amide bonds. The summed E-state index contributed by atoms with van der Waals surface area (Å²) in [5.41, 5.74) is 2.30. The summed E-state index contributed by atoms with van der Waals surface area (Å²) in [5, 5.41) is 3.07. The molecule has 2 unspecified atom stereocenters. The van der Waals surface area contributed by atoms with Crippen LogP contribution >= 0.6 is 0 Å². The summed E-state index contributed by atoms with van der Waals surface area (Å²) in [4.78, 5) is 28.9. The smallest absolute Gasteiger partial charge is 0.231 e. The summed E-state index contributed by atoms with van der Waals surface area (Å²) < 4.78 is 11.7. The molecule has 4 aliphatic rings. The van der Waals surface area contributed by atoms with Crippen LogP contribution in [0.15, 0.2) is 78.3 Å². The average molecular weight is 462 g/mol. The Kier molecular flexibility index (Phi) is 6.70. The molecule has 1 aromatic rings. The van der Waals surface area contributed by atoms with Crippen LogP contribution in [-0.2, 0) is 19.1 Å². The largest absolute Gasteiger partial charge is 0.456 e. The number of piperazine rings is 1. The van der Waals surface area contributed by atoms with Gasteiger partial charge in [0.05, 0.1) is 0 Å². The zero-order valence-electron chi connectivity index (χ0n) is 19.3. The minimum atomic E-state index is 0.00818. The van der Waals surface area contributed by atoms with Gasteiger partial charge in [-0.15, -0.1) is 0 Å². The maximum absolute atomic E-state index is 12.9. The Morgan fingerprint density at radius 2 is 1.88 bits per heavy atom. The van der Waals surface area contributed by atoms with Crippen molar-refractivity contribution in [1.82, 2.24) is 15.1 Å². The lowest BCUT2D eigenvalue weighted by Gasteiger charge is -2.37. The standard InChI is InChI=1S/C27H31N3O4/c31-25-17-22(20-7-3-1-4-8-20)23(28-25)11-12-26(32)29-13-15-30(16-14-29)27-19-33-24(18-34-27)21-9-5-2-6-10-21/h1-5,7-9,18-19,22-23H,6,10-17H2,(H,28,31). The molecular formula is C27H31N3O4. The molecule has 178 valence electrons. The second-order valence-electron chi connectivity index (χ2n) is 9.13. The Hall–Kier alpha value is -3.48. The first kappa shape index (κ1) is 22.3. The second kappa shape index (κ2) is 10.2. The number of rotatable bonds is 6. The van der Waals surface area contributed by atoms with Crippen LogP contribution in [0.2, 0.25) is 0 Å². The number of carbonyl (C=O) groups is 2. The van der Waals surface area contributed by atoms with E-state index >= 15 is 0 Å². The van der Waals surface area contributed by atoms with E-state index in [0.717, 1.165) is 29.7 Å². The Labute approximate surface area is 200 Å². The molecule has 7 heteroatoms. The van der Waals surface area contributed by atoms with E-state index in [1.165, 1.54) is 0 Å². The number of allylic oxidation sites excluding steroid dienone is 4. The van der Waals surface area contributed by atoms with Crippen molar-refractivity contribution in [3.63, 3.8) is 0 Å². The van der Waals surface area contributed by atoms with Crippen LogP contribution in [0.25, 0.3) is 0 Å². The first-order valence-corrected chi connectivity index (χ1v) is 12.1. The van der Waals surface area contributed by atoms with Crippen molar-refractivity contribution in [2.75, 3.05) is 26.2 Å². The minimum Gasteiger partial charge on any atom is -0.456 e. The van der Waals surface area contributed by atoms with E-state index in [9.17, 15) is 9.59 Å². The number of ether oxygens (including phenoxy) is 2. The average Bonchev–Trinajstić information content (AvgIpc) is 3.29. The van der Waals surface area contributed by atoms with Crippen LogP contribution in [0.4, 0.5) is 0 Å². The lowest BCUT2D eigenvalue weighted by molar-refractivity contribution is -0.133. The molecule has 1 N–H and O–H groups in total. The number of benzene rings is 1. The Morgan fingerprint density at radius 3 is 2.59 bits per heavy atom. The van der Waals surface area contributed by atoms with Crippen LogP contribution < -0.4 is 5.32 Å². The summed E-state index contributed by atoms with van der Waals surface area (Å²) in [7, 11) is 0. The third-order valence-corrected chi connectivity index (χ3v) is 6.98. The van der Waals surface area contributed by atoms with Crippen molar-refractivity contribution in [2.24, 2.45) is 0 Å². The van der Waals surface area contributed by atoms with Gasteiger partial charge in [-0.1, -0.05) is 48.6 Å². The molecule has 0 bridgehead atoms. The molecule has 7 nitrogen and oxygen atoms in total. The van der Waals surface area contributed by atoms with Gasteiger partial charge < -0.3 is 24.6 Å². The van der Waals surface area contributed by atoms with Gasteiger partial charge in [0.25, 0.3) is 0 Å². The molecule has 3 heterocycles. The molecule has 2 saturated heterocycles. The number of hydrogen-bond acceptors (Lipinski definition) is 5. The molecule has 34 heavy (non-hydrogen) atoms. The maximum atomic E-state index is 12.9. The second-order valence-corrected chi connectivity index (χ2v) is 9.13. The summed E-state index contributed by atoms with van der Waals surface area (Å²) in [6.07, 6.45) is 13.1. The van der Waals surface area contributed by atoms with E-state index < -0.39 is 0 Å². The highest BCUT2D eigenvalue weighted by Gasteiger charge is 2.34. The summed E-state index contributed by atoms with van der Waals surface area (Å²) in [6, 6.07) is 10.1. The zero-order chi connectivity index (χ0) is 23.3. The molecule has 3 aliphatic heterocycles. The van der Waals surface area contributed by atoms with Crippen molar-refractivity contribution in [2.45, 2.75) is 44.1 Å². The highest BCUT2D eigenvalue weighted by Crippen LogP contribution is 2.31. The fourth-order valence-corrected chi connectivity index (χ4v) is 5.04. The minimum absolute atomic E-state index is 0.00818. The van der Waals surface area contributed by atoms with Gasteiger partial charge >= 0.3 is 0 Å². The van der Waals surface area contributed by atoms with Crippen molar-refractivity contribution < 1.29 is 19.1 Å². The van der Waals surface area contributed by atoms with Gasteiger partial charge in [0.15, 0.2) is 12.0 Å². The lowest BCUT2D eigenvalue weighted by atomic mass is 9.89. The number of amides is 2. The summed E-state index contributed by atoms with van der Waals surface area (Å²) in [5.74, 6) is 1.78. The molecule has 5 rings (SSSR count). The zero-order valence-corrected chi connectivity index (χ0v) is 19.3. The molecule has 0 radical (unpaired) electrons. The summed E-state index contributed by atoms with van der Waals surface area (Å²) in [6.45, 7) is 2.68. The first-order chi connectivity index (χ1) is 16.7. The number of carbonyl (C=O) groups excluding carboxylic acids is 2. The first-order valence-electron chi connectivity index (χ1n) is 12.1. The Balaban J connectivity index is 1.08. The lowest BCUT2D eigenvalue weighted by Crippen LogP contribution is -2.48. The van der Waals surface area contributed by atoms with Crippen LogP contribution in [0.3, 0.4) is 0 Å². The maximum Gasteiger partial charge on any atom is 0.231 e. The van der Waals surface area contributed by atoms with Crippen molar-refractivity contribution in [3.8, 4) is 0 Å². The van der Waals surface area contributed by atoms with Gasteiger partial charge in [0.2, 0.25) is 17.7 Å². The predicted molar refractivity (Wildman–Crippen MR) is 128 cm³/mol. The van der Waals surface area contributed by atoms with Gasteiger partial charge in [0.1, 0.15) is 6.26 Å². The molecular weight excluding hydrogens is 430 g/mol. The van der Waals surface area contributed by atoms with Crippen molar-refractivity contribution >= 4 is 11.8 Å². The molecule has 2 atom stereocenters. The fraction of sp³-hybridized carbons (Fsp3) is 0.407. The SMILES string of the molecule is O=C1CC(c2ccccc2)C(CCC(=O)N2CCN(C3=COC(C4=CC=CCC4)=CO3)CC2)N1. The van der Waals surface area contributed by atoms with Gasteiger partial charge in [0, 0.05) is 51.0 Å². The van der Waals surface area contributed by atoms with Gasteiger partial charge in [-0.3, -0.25) is 9.59 Å². The van der Waals surface area contributed by atoms with Crippen molar-refractivity contribution in [3.05, 3.63) is 83.9 Å². The number of hydrogen-bond donors (Lipinski definition) is 1. The van der Waals surface area contributed by atoms with Gasteiger partial charge in [-0.05, 0) is 30.4 Å². The predicted octanol–water partition coefficient (Wildman–Crippen LogP) is 3.55. The molecule has 0 saturated carbocycles. The normalized spacial score (nSPS) is 24.5. The fourth-order valence-electron chi connectivity index (χ4n) is 5.04. The molecule has 0 spiro atoms. The Bertz CT molecular complexity index is 1040. The third kappa shape index (κ3) is 5.03. The molecule has 0 aromatic heterocycles. The summed E-state index contributed by atoms with van der Waals surface area (Å²) >= 11 is 0. The van der Waals surface area contributed by atoms with E-state index in [2.05, 4.69) is 34.5 Å². The van der Waals surface area contributed by atoms with Gasteiger partial charge in [-0.2, -0.15) is 0 Å². The van der Waals surface area contributed by atoms with Crippen LogP contribution in [-0.4, -0.2) is 53.8 Å². The van der Waals surface area contributed by atoms with E-state index in [1.807, 2.05) is 29.2 Å². The number of nitrogens with one attached hydrogen (secondary N) is 1. The van der Waals surface area contributed by atoms with E-state index in [0.29, 0.717) is 51.3 Å². The quantitative estimate of drug-likeness (QED) is 0.702. The van der Waals surface area contributed by atoms with E-state index in [1.54, 1.807) is 12.5 Å². The van der Waals surface area contributed by atoms with E-state index in [-0.39, 0.29) is 23.8 Å². The molecule has 2 fully saturated rings. The van der Waals surface area contributed by atoms with E-state index in [4.69, 9.17) is 9.47 Å². The van der Waals surface area contributed by atoms with Gasteiger partial charge in [-0.25, -0.2) is 0 Å². The highest BCUT2D eigenvalue weighted by molar-refractivity contribution is 5.81. The Morgan fingerprint density at radius 1 is 1.06 bits per heavy atom. The monoisotopic (exact) mass is 461 g/mol. The molecule has 1 aromatic carbocycles. The van der Waals surface area contributed by atoms with Crippen molar-refractivity contribution in [1.29, 1.82) is 0 Å². The topological polar surface area (TPSA) is 71.1 Å².